The molecule has 3 heterocycles. The first-order valence-electron chi connectivity index (χ1n) is 8.02. The lowest BCUT2D eigenvalue weighted by Gasteiger charge is -2.33. The van der Waals surface area contributed by atoms with Crippen molar-refractivity contribution in [3.63, 3.8) is 0 Å². The minimum absolute atomic E-state index is 0.405. The zero-order valence-electron chi connectivity index (χ0n) is 13.9. The summed E-state index contributed by atoms with van der Waals surface area (Å²) in [6.45, 7) is 8.08. The van der Waals surface area contributed by atoms with Crippen molar-refractivity contribution < 1.29 is 9.52 Å². The van der Waals surface area contributed by atoms with Crippen molar-refractivity contribution in [3.8, 4) is 0 Å². The molecule has 1 aliphatic rings. The van der Waals surface area contributed by atoms with E-state index in [1.54, 1.807) is 18.3 Å². The Hall–Kier alpha value is -1.44. The summed E-state index contributed by atoms with van der Waals surface area (Å²) >= 11 is 1.64. The number of hydrogen-bond acceptors (Lipinski definition) is 7. The Morgan fingerprint density at radius 3 is 2.65 bits per heavy atom. The topological polar surface area (TPSA) is 74.4 Å². The fourth-order valence-corrected chi connectivity index (χ4v) is 3.58. The van der Waals surface area contributed by atoms with Gasteiger partial charge in [-0.25, -0.2) is 0 Å². The van der Waals surface area contributed by atoms with Crippen LogP contribution in [-0.4, -0.2) is 41.0 Å². The fraction of sp³-hybridized carbons (Fsp3) is 0.625. The number of furan rings is 1. The number of hydrogen-bond donors (Lipinski definition) is 2. The van der Waals surface area contributed by atoms with E-state index in [2.05, 4.69) is 20.4 Å². The van der Waals surface area contributed by atoms with Gasteiger partial charge in [0, 0.05) is 25.7 Å². The molecule has 1 aliphatic heterocycles. The Kier molecular flexibility index (Phi) is 4.70. The maximum Gasteiger partial charge on any atom is 0.208 e. The second-order valence-electron chi connectivity index (χ2n) is 6.43. The number of aryl methyl sites for hydroxylation is 2. The van der Waals surface area contributed by atoms with Crippen LogP contribution in [0.4, 0.5) is 5.13 Å². The molecular formula is C16H24N4O2S. The maximum atomic E-state index is 10.6. The summed E-state index contributed by atoms with van der Waals surface area (Å²) in [5.41, 5.74) is -0.984. The van der Waals surface area contributed by atoms with Crippen molar-refractivity contribution >= 4 is 16.5 Å². The van der Waals surface area contributed by atoms with E-state index >= 15 is 0 Å². The summed E-state index contributed by atoms with van der Waals surface area (Å²) in [6.07, 6.45) is 2.07. The molecule has 1 atom stereocenters. The lowest BCUT2D eigenvalue weighted by molar-refractivity contribution is 0.0300. The normalized spacial score (nSPS) is 19.0. The quantitative estimate of drug-likeness (QED) is 0.872. The van der Waals surface area contributed by atoms with Crippen LogP contribution in [0.1, 0.15) is 36.3 Å². The third kappa shape index (κ3) is 3.91. The molecule has 2 aromatic heterocycles. The number of nitrogens with one attached hydrogen (secondary N) is 1. The average Bonchev–Trinajstić information content (AvgIpc) is 3.15. The standard InChI is InChI=1S/C16H24N4O2S/c1-11-4-5-14(22-11)16(3,21)10-17-13-6-8-20(9-7-13)15-19-18-12(2)23-15/h4-5,13,17,21H,6-10H2,1-3H3/t16-/m0/s1. The van der Waals surface area contributed by atoms with Crippen LogP contribution in [0.15, 0.2) is 16.5 Å². The molecule has 0 unspecified atom stereocenters. The molecule has 0 radical (unpaired) electrons. The zero-order valence-corrected chi connectivity index (χ0v) is 14.7. The molecule has 2 N–H and O–H groups in total. The summed E-state index contributed by atoms with van der Waals surface area (Å²) in [6, 6.07) is 4.13. The minimum Gasteiger partial charge on any atom is -0.463 e. The van der Waals surface area contributed by atoms with E-state index in [-0.39, 0.29) is 0 Å². The van der Waals surface area contributed by atoms with Gasteiger partial charge in [-0.1, -0.05) is 11.3 Å². The van der Waals surface area contributed by atoms with Crippen molar-refractivity contribution in [2.24, 2.45) is 0 Å². The largest absolute Gasteiger partial charge is 0.463 e. The van der Waals surface area contributed by atoms with Gasteiger partial charge in [0.2, 0.25) is 5.13 Å². The average molecular weight is 336 g/mol. The highest BCUT2D eigenvalue weighted by Gasteiger charge is 2.29. The molecule has 0 aromatic carbocycles. The van der Waals surface area contributed by atoms with Gasteiger partial charge in [0.25, 0.3) is 0 Å². The van der Waals surface area contributed by atoms with E-state index < -0.39 is 5.60 Å². The molecule has 0 spiro atoms. The summed E-state index contributed by atoms with van der Waals surface area (Å²) in [7, 11) is 0. The monoisotopic (exact) mass is 336 g/mol. The first-order valence-corrected chi connectivity index (χ1v) is 8.83. The van der Waals surface area contributed by atoms with E-state index in [4.69, 9.17) is 4.42 Å². The van der Waals surface area contributed by atoms with Gasteiger partial charge in [-0.05, 0) is 45.7 Å². The smallest absolute Gasteiger partial charge is 0.208 e. The number of piperidine rings is 1. The highest BCUT2D eigenvalue weighted by atomic mass is 32.1. The Morgan fingerprint density at radius 2 is 2.09 bits per heavy atom. The van der Waals surface area contributed by atoms with Gasteiger partial charge in [0.15, 0.2) is 0 Å². The molecule has 0 bridgehead atoms. The predicted molar refractivity (Wildman–Crippen MR) is 90.9 cm³/mol. The molecule has 0 saturated carbocycles. The van der Waals surface area contributed by atoms with E-state index in [0.717, 1.165) is 41.8 Å². The van der Waals surface area contributed by atoms with Crippen molar-refractivity contribution in [2.45, 2.75) is 45.3 Å². The minimum atomic E-state index is -0.984. The number of rotatable bonds is 5. The van der Waals surface area contributed by atoms with Crippen molar-refractivity contribution in [2.75, 3.05) is 24.5 Å². The van der Waals surface area contributed by atoms with Gasteiger partial charge < -0.3 is 19.7 Å². The van der Waals surface area contributed by atoms with Crippen LogP contribution in [0.2, 0.25) is 0 Å². The van der Waals surface area contributed by atoms with Crippen LogP contribution in [-0.2, 0) is 5.60 Å². The molecule has 3 rings (SSSR count). The molecule has 0 amide bonds. The second kappa shape index (κ2) is 6.59. The molecule has 23 heavy (non-hydrogen) atoms. The molecule has 1 fully saturated rings. The van der Waals surface area contributed by atoms with Gasteiger partial charge in [-0.15, -0.1) is 10.2 Å². The summed E-state index contributed by atoms with van der Waals surface area (Å²) in [5.74, 6) is 1.44. The molecule has 2 aromatic rings. The van der Waals surface area contributed by atoms with Gasteiger partial charge in [-0.3, -0.25) is 0 Å². The van der Waals surface area contributed by atoms with E-state index in [1.807, 2.05) is 26.0 Å². The van der Waals surface area contributed by atoms with Gasteiger partial charge in [-0.2, -0.15) is 0 Å². The van der Waals surface area contributed by atoms with Gasteiger partial charge in [0.1, 0.15) is 22.1 Å². The summed E-state index contributed by atoms with van der Waals surface area (Å²) in [5, 5.41) is 24.4. The fourth-order valence-electron chi connectivity index (χ4n) is 2.84. The van der Waals surface area contributed by atoms with E-state index in [9.17, 15) is 5.11 Å². The van der Waals surface area contributed by atoms with Crippen LogP contribution in [0.3, 0.4) is 0 Å². The van der Waals surface area contributed by atoms with Crippen molar-refractivity contribution in [1.82, 2.24) is 15.5 Å². The van der Waals surface area contributed by atoms with Crippen molar-refractivity contribution in [1.29, 1.82) is 0 Å². The maximum absolute atomic E-state index is 10.6. The number of aliphatic hydroxyl groups is 1. The Labute approximate surface area is 140 Å². The SMILES string of the molecule is Cc1ccc([C@@](C)(O)CNC2CCN(c3nnc(C)s3)CC2)o1. The van der Waals surface area contributed by atoms with Crippen LogP contribution >= 0.6 is 11.3 Å². The highest BCUT2D eigenvalue weighted by Crippen LogP contribution is 2.25. The van der Waals surface area contributed by atoms with Crippen LogP contribution in [0, 0.1) is 13.8 Å². The molecular weight excluding hydrogens is 312 g/mol. The lowest BCUT2D eigenvalue weighted by atomic mass is 10.0. The molecule has 0 aliphatic carbocycles. The van der Waals surface area contributed by atoms with Gasteiger partial charge >= 0.3 is 0 Å². The first-order chi connectivity index (χ1) is 10.9. The van der Waals surface area contributed by atoms with Crippen molar-refractivity contribution in [3.05, 3.63) is 28.7 Å². The van der Waals surface area contributed by atoms with Gasteiger partial charge in [0.05, 0.1) is 0 Å². The third-order valence-corrected chi connectivity index (χ3v) is 5.19. The number of nitrogens with zero attached hydrogens (tertiary/aromatic N) is 3. The highest BCUT2D eigenvalue weighted by molar-refractivity contribution is 7.15. The molecule has 1 saturated heterocycles. The third-order valence-electron chi connectivity index (χ3n) is 4.29. The Bertz CT molecular complexity index is 644. The van der Waals surface area contributed by atoms with Crippen LogP contribution < -0.4 is 10.2 Å². The summed E-state index contributed by atoms with van der Waals surface area (Å²) < 4.78 is 5.55. The zero-order chi connectivity index (χ0) is 16.4. The number of aromatic nitrogens is 2. The van der Waals surface area contributed by atoms with E-state index in [1.165, 1.54) is 0 Å². The van der Waals surface area contributed by atoms with E-state index in [0.29, 0.717) is 18.3 Å². The lowest BCUT2D eigenvalue weighted by Crippen LogP contribution is -2.46. The first kappa shape index (κ1) is 16.4. The number of anilines is 1. The molecule has 6 nitrogen and oxygen atoms in total. The Morgan fingerprint density at radius 1 is 1.35 bits per heavy atom. The summed E-state index contributed by atoms with van der Waals surface area (Å²) in [4.78, 5) is 2.29. The van der Waals surface area contributed by atoms with Crippen LogP contribution in [0.5, 0.6) is 0 Å². The molecule has 126 valence electrons. The van der Waals surface area contributed by atoms with Crippen LogP contribution in [0.25, 0.3) is 0 Å². The predicted octanol–water partition coefficient (Wildman–Crippen LogP) is 2.21. The molecule has 7 heteroatoms. The Balaban J connectivity index is 1.49. The second-order valence-corrected chi connectivity index (χ2v) is 7.59.